The first-order valence-corrected chi connectivity index (χ1v) is 9.22. The van der Waals surface area contributed by atoms with Crippen LogP contribution in [0.4, 0.5) is 0 Å². The zero-order valence-electron chi connectivity index (χ0n) is 16.3. The molecule has 0 radical (unpaired) electrons. The summed E-state index contributed by atoms with van der Waals surface area (Å²) in [4.78, 5) is 38.1. The number of ketones is 3. The van der Waals surface area contributed by atoms with Crippen LogP contribution in [0.2, 0.25) is 0 Å². The second-order valence-corrected chi connectivity index (χ2v) is 8.29. The number of aliphatic hydroxyl groups is 2. The van der Waals surface area contributed by atoms with Gasteiger partial charge in [0.2, 0.25) is 0 Å². The minimum absolute atomic E-state index is 0.00959. The Bertz CT molecular complexity index is 571. The van der Waals surface area contributed by atoms with Crippen LogP contribution in [-0.4, -0.2) is 33.2 Å². The SMILES string of the molecule is CC(C)CC[C@H]1C(=O)C(C(=O)C(C)C)=C(O)[C@@](O)(CCC(C)C)C1=O. The summed E-state index contributed by atoms with van der Waals surface area (Å²) in [6, 6.07) is 0. The normalized spacial score (nSPS) is 24.8. The van der Waals surface area contributed by atoms with Crippen LogP contribution in [0.3, 0.4) is 0 Å². The number of aliphatic hydroxyl groups excluding tert-OH is 1. The van der Waals surface area contributed by atoms with E-state index in [1.54, 1.807) is 13.8 Å². The fourth-order valence-electron chi connectivity index (χ4n) is 3.05. The van der Waals surface area contributed by atoms with Gasteiger partial charge >= 0.3 is 0 Å². The highest BCUT2D eigenvalue weighted by molar-refractivity contribution is 6.29. The van der Waals surface area contributed by atoms with Crippen LogP contribution in [0.25, 0.3) is 0 Å². The molecule has 5 nitrogen and oxygen atoms in total. The van der Waals surface area contributed by atoms with Gasteiger partial charge in [0, 0.05) is 5.92 Å². The first-order valence-electron chi connectivity index (χ1n) is 9.22. The van der Waals surface area contributed by atoms with Gasteiger partial charge in [-0.05, 0) is 37.5 Å². The van der Waals surface area contributed by atoms with E-state index in [-0.39, 0.29) is 30.3 Å². The van der Waals surface area contributed by atoms with Gasteiger partial charge in [0.05, 0.1) is 5.92 Å². The molecule has 0 aromatic rings. The zero-order chi connectivity index (χ0) is 19.5. The fraction of sp³-hybridized carbons (Fsp3) is 0.750. The Balaban J connectivity index is 3.39. The number of carbonyl (C=O) groups excluding carboxylic acids is 3. The number of rotatable bonds is 8. The molecule has 5 heteroatoms. The van der Waals surface area contributed by atoms with Gasteiger partial charge in [-0.2, -0.15) is 0 Å². The first kappa shape index (κ1) is 21.6. The van der Waals surface area contributed by atoms with E-state index in [9.17, 15) is 24.6 Å². The maximum atomic E-state index is 12.9. The summed E-state index contributed by atoms with van der Waals surface area (Å²) in [5.41, 5.74) is -2.52. The number of hydrogen-bond donors (Lipinski definition) is 2. The third-order valence-electron chi connectivity index (χ3n) is 4.80. The third-order valence-corrected chi connectivity index (χ3v) is 4.80. The van der Waals surface area contributed by atoms with Crippen LogP contribution in [0.15, 0.2) is 11.3 Å². The van der Waals surface area contributed by atoms with Crippen LogP contribution >= 0.6 is 0 Å². The summed E-state index contributed by atoms with van der Waals surface area (Å²) in [6.07, 6.45) is 1.42. The second-order valence-electron chi connectivity index (χ2n) is 8.29. The Morgan fingerprint density at radius 3 is 2.00 bits per heavy atom. The first-order chi connectivity index (χ1) is 11.4. The van der Waals surface area contributed by atoms with Crippen molar-refractivity contribution in [2.24, 2.45) is 23.7 Å². The van der Waals surface area contributed by atoms with Crippen molar-refractivity contribution < 1.29 is 24.6 Å². The quantitative estimate of drug-likeness (QED) is 0.516. The molecule has 2 atom stereocenters. The van der Waals surface area contributed by atoms with Gasteiger partial charge in [0.1, 0.15) is 11.3 Å². The molecule has 2 N–H and O–H groups in total. The van der Waals surface area contributed by atoms with E-state index in [0.29, 0.717) is 12.8 Å². The van der Waals surface area contributed by atoms with E-state index in [1.807, 2.05) is 27.7 Å². The molecule has 0 spiro atoms. The van der Waals surface area contributed by atoms with E-state index >= 15 is 0 Å². The van der Waals surface area contributed by atoms with Gasteiger partial charge in [0.15, 0.2) is 23.0 Å². The lowest BCUT2D eigenvalue weighted by atomic mass is 9.69. The summed E-state index contributed by atoms with van der Waals surface area (Å²) in [7, 11) is 0. The predicted octanol–water partition coefficient (Wildman–Crippen LogP) is 3.40. The molecule has 1 aliphatic rings. The molecule has 0 amide bonds. The number of hydrogen-bond acceptors (Lipinski definition) is 5. The zero-order valence-corrected chi connectivity index (χ0v) is 16.3. The summed E-state index contributed by atoms with van der Waals surface area (Å²) in [6.45, 7) is 11.1. The minimum Gasteiger partial charge on any atom is -0.508 e. The molecule has 0 saturated carbocycles. The molecule has 0 fully saturated rings. The highest BCUT2D eigenvalue weighted by atomic mass is 16.3. The van der Waals surface area contributed by atoms with Gasteiger partial charge in [0.25, 0.3) is 0 Å². The van der Waals surface area contributed by atoms with E-state index in [4.69, 9.17) is 0 Å². The van der Waals surface area contributed by atoms with Gasteiger partial charge in [-0.25, -0.2) is 0 Å². The third kappa shape index (κ3) is 4.57. The lowest BCUT2D eigenvalue weighted by Gasteiger charge is -2.36. The minimum atomic E-state index is -2.14. The lowest BCUT2D eigenvalue weighted by Crippen LogP contribution is -2.53. The van der Waals surface area contributed by atoms with Crippen molar-refractivity contribution >= 4 is 17.3 Å². The van der Waals surface area contributed by atoms with Gasteiger partial charge in [-0.15, -0.1) is 0 Å². The molecule has 25 heavy (non-hydrogen) atoms. The standard InChI is InChI=1S/C20H32O5/c1-11(2)7-8-14-17(22)15(16(21)13(5)6)19(24)20(25,18(14)23)10-9-12(3)4/h11-14,24-25H,7-10H2,1-6H3/t14-,20+/m0/s1. The maximum Gasteiger partial charge on any atom is 0.182 e. The molecule has 0 aromatic carbocycles. The molecular weight excluding hydrogens is 320 g/mol. The Kier molecular flexibility index (Phi) is 7.12. The molecule has 1 rings (SSSR count). The largest absolute Gasteiger partial charge is 0.508 e. The lowest BCUT2D eigenvalue weighted by molar-refractivity contribution is -0.149. The molecule has 1 aliphatic carbocycles. The van der Waals surface area contributed by atoms with Gasteiger partial charge in [-0.3, -0.25) is 14.4 Å². The predicted molar refractivity (Wildman–Crippen MR) is 96.1 cm³/mol. The molecule has 142 valence electrons. The summed E-state index contributed by atoms with van der Waals surface area (Å²) < 4.78 is 0. The van der Waals surface area contributed by atoms with E-state index in [1.165, 1.54) is 0 Å². The topological polar surface area (TPSA) is 91.7 Å². The Morgan fingerprint density at radius 1 is 1.04 bits per heavy atom. The van der Waals surface area contributed by atoms with Gasteiger partial charge in [-0.1, -0.05) is 41.5 Å². The fourth-order valence-corrected chi connectivity index (χ4v) is 3.05. The van der Waals surface area contributed by atoms with Crippen molar-refractivity contribution in [3.8, 4) is 0 Å². The Labute approximate surface area is 150 Å². The highest BCUT2D eigenvalue weighted by Gasteiger charge is 2.53. The molecule has 0 aromatic heterocycles. The van der Waals surface area contributed by atoms with Crippen molar-refractivity contribution in [3.05, 3.63) is 11.3 Å². The van der Waals surface area contributed by atoms with Crippen molar-refractivity contribution in [1.29, 1.82) is 0 Å². The summed E-state index contributed by atoms with van der Waals surface area (Å²) in [5, 5.41) is 21.5. The average molecular weight is 352 g/mol. The van der Waals surface area contributed by atoms with Crippen molar-refractivity contribution in [2.75, 3.05) is 0 Å². The van der Waals surface area contributed by atoms with Crippen molar-refractivity contribution in [2.45, 2.75) is 72.8 Å². The number of allylic oxidation sites excluding steroid dienone is 1. The smallest absolute Gasteiger partial charge is 0.182 e. The molecule has 0 bridgehead atoms. The summed E-state index contributed by atoms with van der Waals surface area (Å²) in [5.74, 6) is -3.65. The van der Waals surface area contributed by atoms with Crippen molar-refractivity contribution in [3.63, 3.8) is 0 Å². The second kappa shape index (κ2) is 8.26. The van der Waals surface area contributed by atoms with E-state index < -0.39 is 40.5 Å². The Hall–Kier alpha value is -1.49. The summed E-state index contributed by atoms with van der Waals surface area (Å²) >= 11 is 0. The van der Waals surface area contributed by atoms with Crippen molar-refractivity contribution in [1.82, 2.24) is 0 Å². The maximum absolute atomic E-state index is 12.9. The number of Topliss-reactive ketones (excluding diaryl/α,β-unsaturated/α-hetero) is 3. The van der Waals surface area contributed by atoms with Crippen LogP contribution in [0.5, 0.6) is 0 Å². The van der Waals surface area contributed by atoms with Crippen LogP contribution in [0.1, 0.15) is 67.2 Å². The van der Waals surface area contributed by atoms with E-state index in [2.05, 4.69) is 0 Å². The van der Waals surface area contributed by atoms with Gasteiger partial charge < -0.3 is 10.2 Å². The van der Waals surface area contributed by atoms with Crippen LogP contribution in [-0.2, 0) is 14.4 Å². The molecule has 0 heterocycles. The van der Waals surface area contributed by atoms with Crippen LogP contribution < -0.4 is 0 Å². The average Bonchev–Trinajstić information content (AvgIpc) is 2.50. The molecule has 0 saturated heterocycles. The monoisotopic (exact) mass is 352 g/mol. The van der Waals surface area contributed by atoms with Crippen LogP contribution in [0, 0.1) is 23.7 Å². The molecular formula is C20H32O5. The number of carbonyl (C=O) groups is 3. The Morgan fingerprint density at radius 2 is 1.56 bits per heavy atom. The highest BCUT2D eigenvalue weighted by Crippen LogP contribution is 2.38. The van der Waals surface area contributed by atoms with E-state index in [0.717, 1.165) is 0 Å². The molecule has 0 aliphatic heterocycles. The molecule has 0 unspecified atom stereocenters.